The van der Waals surface area contributed by atoms with Crippen LogP contribution in [-0.4, -0.2) is 44.8 Å². The Morgan fingerprint density at radius 1 is 1.12 bits per heavy atom. The van der Waals surface area contributed by atoms with Crippen molar-refractivity contribution >= 4 is 5.91 Å². The highest BCUT2D eigenvalue weighted by molar-refractivity contribution is 5.76. The molecule has 1 amide bonds. The Morgan fingerprint density at radius 2 is 1.88 bits per heavy atom. The van der Waals surface area contributed by atoms with Crippen molar-refractivity contribution in [2.75, 3.05) is 13.1 Å². The monoisotopic (exact) mass is 352 g/mol. The van der Waals surface area contributed by atoms with Crippen LogP contribution in [0.3, 0.4) is 0 Å². The van der Waals surface area contributed by atoms with Crippen LogP contribution in [0.5, 0.6) is 0 Å². The van der Waals surface area contributed by atoms with Crippen LogP contribution in [0.2, 0.25) is 0 Å². The third-order valence-electron chi connectivity index (χ3n) is 4.16. The number of halogens is 3. The van der Waals surface area contributed by atoms with Crippen LogP contribution in [0, 0.1) is 0 Å². The number of carbonyl (C=O) groups is 1. The van der Waals surface area contributed by atoms with Crippen LogP contribution in [0.15, 0.2) is 30.3 Å². The summed E-state index contributed by atoms with van der Waals surface area (Å²) in [6, 6.07) is 9.88. The zero-order valence-electron chi connectivity index (χ0n) is 13.7. The van der Waals surface area contributed by atoms with E-state index in [4.69, 9.17) is 0 Å². The van der Waals surface area contributed by atoms with Gasteiger partial charge in [0.2, 0.25) is 5.91 Å². The van der Waals surface area contributed by atoms with Crippen LogP contribution in [-0.2, 0) is 24.2 Å². The Hall–Kier alpha value is -2.38. The predicted molar refractivity (Wildman–Crippen MR) is 84.8 cm³/mol. The molecule has 0 aliphatic carbocycles. The second kappa shape index (κ2) is 7.25. The van der Waals surface area contributed by atoms with Gasteiger partial charge in [0, 0.05) is 32.4 Å². The molecule has 134 valence electrons. The van der Waals surface area contributed by atoms with Crippen molar-refractivity contribution in [2.24, 2.45) is 0 Å². The van der Waals surface area contributed by atoms with Crippen LogP contribution < -0.4 is 0 Å². The summed E-state index contributed by atoms with van der Waals surface area (Å²) in [5, 5.41) is 4.47. The second-order valence-corrected chi connectivity index (χ2v) is 6.08. The first-order chi connectivity index (χ1) is 11.9. The molecule has 1 aliphatic rings. The molecule has 3 rings (SSSR count). The quantitative estimate of drug-likeness (QED) is 0.850. The number of alkyl halides is 3. The van der Waals surface area contributed by atoms with Gasteiger partial charge in [0.25, 0.3) is 0 Å². The maximum absolute atomic E-state index is 12.3. The molecular formula is C17H19F3N4O. The van der Waals surface area contributed by atoms with Gasteiger partial charge in [-0.2, -0.15) is 18.3 Å². The molecule has 0 bridgehead atoms. The summed E-state index contributed by atoms with van der Waals surface area (Å²) in [4.78, 5) is 17.9. The molecule has 0 saturated carbocycles. The molecule has 0 N–H and O–H groups in total. The van der Waals surface area contributed by atoms with Gasteiger partial charge in [0.05, 0.1) is 13.0 Å². The Balaban J connectivity index is 1.58. The van der Waals surface area contributed by atoms with Crippen molar-refractivity contribution in [3.05, 3.63) is 47.5 Å². The minimum atomic E-state index is -4.30. The third-order valence-corrected chi connectivity index (χ3v) is 4.16. The maximum Gasteiger partial charge on any atom is 0.389 e. The molecule has 0 atom stereocenters. The van der Waals surface area contributed by atoms with Crippen LogP contribution in [0.25, 0.3) is 0 Å². The fourth-order valence-electron chi connectivity index (χ4n) is 2.86. The van der Waals surface area contributed by atoms with Gasteiger partial charge in [0.1, 0.15) is 5.82 Å². The van der Waals surface area contributed by atoms with Gasteiger partial charge in [0.15, 0.2) is 5.82 Å². The molecule has 1 aromatic heterocycles. The molecule has 1 aromatic carbocycles. The van der Waals surface area contributed by atoms with Crippen LogP contribution >= 0.6 is 0 Å². The van der Waals surface area contributed by atoms with E-state index in [-0.39, 0.29) is 0 Å². The Kier molecular flexibility index (Phi) is 5.06. The Labute approximate surface area is 143 Å². The number of benzene rings is 1. The maximum atomic E-state index is 12.3. The van der Waals surface area contributed by atoms with Crippen molar-refractivity contribution in [3.8, 4) is 0 Å². The van der Waals surface area contributed by atoms with E-state index in [9.17, 15) is 18.0 Å². The lowest BCUT2D eigenvalue weighted by atomic mass is 10.1. The minimum Gasteiger partial charge on any atom is -0.340 e. The van der Waals surface area contributed by atoms with E-state index < -0.39 is 24.9 Å². The number of hydrogen-bond donors (Lipinski definition) is 0. The molecular weight excluding hydrogens is 333 g/mol. The fraction of sp³-hybridized carbons (Fsp3) is 0.471. The second-order valence-electron chi connectivity index (χ2n) is 6.08. The number of rotatable bonds is 4. The fourth-order valence-corrected chi connectivity index (χ4v) is 2.86. The van der Waals surface area contributed by atoms with Crippen LogP contribution in [0.1, 0.15) is 30.1 Å². The summed E-state index contributed by atoms with van der Waals surface area (Å²) in [5.74, 6) is 1.03. The van der Waals surface area contributed by atoms with Crippen molar-refractivity contribution < 1.29 is 18.0 Å². The molecule has 0 unspecified atom stereocenters. The SMILES string of the molecule is O=C(CCC(F)(F)F)N1CCc2nc(Cc3ccccc3)nn2CC1. The largest absolute Gasteiger partial charge is 0.389 e. The molecule has 2 aromatic rings. The van der Waals surface area contributed by atoms with E-state index >= 15 is 0 Å². The molecule has 8 heteroatoms. The van der Waals surface area contributed by atoms with Crippen molar-refractivity contribution in [1.29, 1.82) is 0 Å². The molecule has 0 radical (unpaired) electrons. The number of aromatic nitrogens is 3. The van der Waals surface area contributed by atoms with Gasteiger partial charge >= 0.3 is 6.18 Å². The molecule has 0 spiro atoms. The highest BCUT2D eigenvalue weighted by atomic mass is 19.4. The number of fused-ring (bicyclic) bond motifs is 1. The average molecular weight is 352 g/mol. The predicted octanol–water partition coefficient (Wildman–Crippen LogP) is 2.60. The van der Waals surface area contributed by atoms with E-state index in [1.54, 1.807) is 4.68 Å². The average Bonchev–Trinajstić information content (AvgIpc) is 2.84. The number of carbonyl (C=O) groups excluding carboxylic acids is 1. The standard InChI is InChI=1S/C17H19F3N4O/c18-17(19,20)8-6-16(25)23-9-7-15-21-14(22-24(15)11-10-23)12-13-4-2-1-3-5-13/h1-5H,6-12H2. The highest BCUT2D eigenvalue weighted by Crippen LogP contribution is 2.22. The first-order valence-electron chi connectivity index (χ1n) is 8.22. The summed E-state index contributed by atoms with van der Waals surface area (Å²) in [6.07, 6.45) is -4.75. The van der Waals surface area contributed by atoms with Gasteiger partial charge in [-0.05, 0) is 5.56 Å². The first kappa shape index (κ1) is 17.4. The lowest BCUT2D eigenvalue weighted by Crippen LogP contribution is -2.34. The molecule has 0 saturated heterocycles. The zero-order chi connectivity index (χ0) is 17.9. The molecule has 2 heterocycles. The number of amides is 1. The lowest BCUT2D eigenvalue weighted by molar-refractivity contribution is -0.149. The summed E-state index contributed by atoms with van der Waals surface area (Å²) in [6.45, 7) is 1.19. The van der Waals surface area contributed by atoms with Crippen molar-refractivity contribution in [3.63, 3.8) is 0 Å². The van der Waals surface area contributed by atoms with E-state index in [0.29, 0.717) is 32.5 Å². The first-order valence-corrected chi connectivity index (χ1v) is 8.22. The molecule has 25 heavy (non-hydrogen) atoms. The lowest BCUT2D eigenvalue weighted by Gasteiger charge is -2.20. The zero-order valence-corrected chi connectivity index (χ0v) is 13.7. The van der Waals surface area contributed by atoms with E-state index in [1.807, 2.05) is 30.3 Å². The Bertz CT molecular complexity index is 702. The van der Waals surface area contributed by atoms with Crippen molar-refractivity contribution in [1.82, 2.24) is 19.7 Å². The van der Waals surface area contributed by atoms with Gasteiger partial charge in [-0.1, -0.05) is 30.3 Å². The number of hydrogen-bond acceptors (Lipinski definition) is 3. The van der Waals surface area contributed by atoms with Crippen LogP contribution in [0.4, 0.5) is 13.2 Å². The van der Waals surface area contributed by atoms with E-state index in [2.05, 4.69) is 10.1 Å². The van der Waals surface area contributed by atoms with Gasteiger partial charge in [-0.25, -0.2) is 9.67 Å². The summed E-state index contributed by atoms with van der Waals surface area (Å²) < 4.78 is 38.5. The van der Waals surface area contributed by atoms with Gasteiger partial charge in [-0.3, -0.25) is 4.79 Å². The van der Waals surface area contributed by atoms with E-state index in [0.717, 1.165) is 17.2 Å². The molecule has 5 nitrogen and oxygen atoms in total. The van der Waals surface area contributed by atoms with Crippen molar-refractivity contribution in [2.45, 2.75) is 38.4 Å². The molecule has 1 aliphatic heterocycles. The van der Waals surface area contributed by atoms with E-state index in [1.165, 1.54) is 4.90 Å². The summed E-state index contributed by atoms with van der Waals surface area (Å²) >= 11 is 0. The third kappa shape index (κ3) is 4.80. The van der Waals surface area contributed by atoms with Gasteiger partial charge in [-0.15, -0.1) is 0 Å². The number of nitrogens with zero attached hydrogens (tertiary/aromatic N) is 4. The highest BCUT2D eigenvalue weighted by Gasteiger charge is 2.29. The summed E-state index contributed by atoms with van der Waals surface area (Å²) in [7, 11) is 0. The topological polar surface area (TPSA) is 51.0 Å². The Morgan fingerprint density at radius 3 is 2.60 bits per heavy atom. The summed E-state index contributed by atoms with van der Waals surface area (Å²) in [5.41, 5.74) is 1.12. The molecule has 0 fully saturated rings. The van der Waals surface area contributed by atoms with Gasteiger partial charge < -0.3 is 4.90 Å². The normalized spacial score (nSPS) is 14.9. The smallest absolute Gasteiger partial charge is 0.340 e. The minimum absolute atomic E-state index is 0.359.